The van der Waals surface area contributed by atoms with Gasteiger partial charge in [-0.25, -0.2) is 0 Å². The molecule has 0 radical (unpaired) electrons. The van der Waals surface area contributed by atoms with Crippen LogP contribution in [0.1, 0.15) is 18.9 Å². The highest BCUT2D eigenvalue weighted by Crippen LogP contribution is 2.11. The van der Waals surface area contributed by atoms with Crippen LogP contribution in [0.5, 0.6) is 5.75 Å². The monoisotopic (exact) mass is 276 g/mol. The van der Waals surface area contributed by atoms with Crippen LogP contribution in [0.25, 0.3) is 0 Å². The summed E-state index contributed by atoms with van der Waals surface area (Å²) in [5.74, 6) is 1.19. The summed E-state index contributed by atoms with van der Waals surface area (Å²) < 4.78 is 5.74. The summed E-state index contributed by atoms with van der Waals surface area (Å²) in [6.45, 7) is 9.19. The number of amides is 1. The molecule has 0 aromatic heterocycles. The van der Waals surface area contributed by atoms with E-state index in [0.29, 0.717) is 13.0 Å². The summed E-state index contributed by atoms with van der Waals surface area (Å²) in [5, 5.41) is 0. The Bertz CT molecular complexity index is 423. The molecule has 1 fully saturated rings. The lowest BCUT2D eigenvalue weighted by Gasteiger charge is -2.34. The van der Waals surface area contributed by atoms with Gasteiger partial charge in [0.05, 0.1) is 0 Å². The van der Waals surface area contributed by atoms with Crippen LogP contribution in [0.3, 0.4) is 0 Å². The standard InChI is InChI=1S/C16H24N2O2/c1-3-16(19)18-10-8-17(9-11-18)12-13-20-15-6-4-14(2)5-7-15/h4-7H,3,8-13H2,1-2H3. The van der Waals surface area contributed by atoms with Gasteiger partial charge in [0.1, 0.15) is 12.4 Å². The zero-order valence-corrected chi connectivity index (χ0v) is 12.5. The van der Waals surface area contributed by atoms with E-state index in [2.05, 4.69) is 24.0 Å². The Balaban J connectivity index is 1.66. The van der Waals surface area contributed by atoms with E-state index in [9.17, 15) is 4.79 Å². The second-order valence-electron chi connectivity index (χ2n) is 5.24. The van der Waals surface area contributed by atoms with Crippen molar-refractivity contribution in [2.24, 2.45) is 0 Å². The molecule has 1 aliphatic heterocycles. The van der Waals surface area contributed by atoms with Gasteiger partial charge in [0.25, 0.3) is 0 Å². The predicted octanol–water partition coefficient (Wildman–Crippen LogP) is 1.93. The zero-order valence-electron chi connectivity index (χ0n) is 12.5. The van der Waals surface area contributed by atoms with Crippen LogP contribution in [0.15, 0.2) is 24.3 Å². The van der Waals surface area contributed by atoms with Gasteiger partial charge in [-0.1, -0.05) is 24.6 Å². The molecule has 1 heterocycles. The number of aryl methyl sites for hydroxylation is 1. The van der Waals surface area contributed by atoms with Gasteiger partial charge in [0, 0.05) is 39.1 Å². The zero-order chi connectivity index (χ0) is 14.4. The van der Waals surface area contributed by atoms with E-state index in [-0.39, 0.29) is 5.91 Å². The van der Waals surface area contributed by atoms with Gasteiger partial charge in [-0.2, -0.15) is 0 Å². The molecule has 0 bridgehead atoms. The van der Waals surface area contributed by atoms with Crippen molar-refractivity contribution < 1.29 is 9.53 Å². The second-order valence-corrected chi connectivity index (χ2v) is 5.24. The fourth-order valence-electron chi connectivity index (χ4n) is 2.37. The molecule has 0 unspecified atom stereocenters. The number of hydrogen-bond donors (Lipinski definition) is 0. The van der Waals surface area contributed by atoms with Gasteiger partial charge in [-0.3, -0.25) is 9.69 Å². The van der Waals surface area contributed by atoms with Crippen LogP contribution in [0.2, 0.25) is 0 Å². The fourth-order valence-corrected chi connectivity index (χ4v) is 2.37. The molecular formula is C16H24N2O2. The first-order valence-corrected chi connectivity index (χ1v) is 7.38. The number of carbonyl (C=O) groups is 1. The highest BCUT2D eigenvalue weighted by molar-refractivity contribution is 5.75. The summed E-state index contributed by atoms with van der Waals surface area (Å²) in [6, 6.07) is 8.13. The van der Waals surface area contributed by atoms with Gasteiger partial charge >= 0.3 is 0 Å². The third-order valence-electron chi connectivity index (χ3n) is 3.72. The quantitative estimate of drug-likeness (QED) is 0.824. The Kier molecular flexibility index (Phi) is 5.41. The molecule has 0 spiro atoms. The molecule has 1 saturated heterocycles. The smallest absolute Gasteiger partial charge is 0.222 e. The van der Waals surface area contributed by atoms with Crippen molar-refractivity contribution in [1.82, 2.24) is 9.80 Å². The SMILES string of the molecule is CCC(=O)N1CCN(CCOc2ccc(C)cc2)CC1. The first-order chi connectivity index (χ1) is 9.69. The molecule has 110 valence electrons. The molecule has 1 aromatic rings. The molecule has 0 atom stereocenters. The van der Waals surface area contributed by atoms with Crippen molar-refractivity contribution in [2.45, 2.75) is 20.3 Å². The third kappa shape index (κ3) is 4.23. The Labute approximate surface area is 121 Å². The summed E-state index contributed by atoms with van der Waals surface area (Å²) in [6.07, 6.45) is 0.608. The average molecular weight is 276 g/mol. The molecule has 0 N–H and O–H groups in total. The molecule has 0 saturated carbocycles. The highest BCUT2D eigenvalue weighted by Gasteiger charge is 2.19. The fraction of sp³-hybridized carbons (Fsp3) is 0.562. The molecule has 4 nitrogen and oxygen atoms in total. The minimum absolute atomic E-state index is 0.264. The molecule has 1 amide bonds. The minimum Gasteiger partial charge on any atom is -0.492 e. The first-order valence-electron chi connectivity index (χ1n) is 7.38. The molecular weight excluding hydrogens is 252 g/mol. The Morgan fingerprint density at radius 3 is 2.40 bits per heavy atom. The maximum absolute atomic E-state index is 11.6. The topological polar surface area (TPSA) is 32.8 Å². The van der Waals surface area contributed by atoms with Crippen LogP contribution in [-0.2, 0) is 4.79 Å². The maximum Gasteiger partial charge on any atom is 0.222 e. The third-order valence-corrected chi connectivity index (χ3v) is 3.72. The van der Waals surface area contributed by atoms with Crippen LogP contribution < -0.4 is 4.74 Å². The lowest BCUT2D eigenvalue weighted by Crippen LogP contribution is -2.49. The number of carbonyl (C=O) groups excluding carboxylic acids is 1. The van der Waals surface area contributed by atoms with E-state index >= 15 is 0 Å². The number of ether oxygens (including phenoxy) is 1. The van der Waals surface area contributed by atoms with Crippen LogP contribution in [0, 0.1) is 6.92 Å². The van der Waals surface area contributed by atoms with Gasteiger partial charge in [-0.15, -0.1) is 0 Å². The van der Waals surface area contributed by atoms with E-state index < -0.39 is 0 Å². The van der Waals surface area contributed by atoms with Crippen LogP contribution >= 0.6 is 0 Å². The van der Waals surface area contributed by atoms with Crippen molar-refractivity contribution in [3.63, 3.8) is 0 Å². The maximum atomic E-state index is 11.6. The Morgan fingerprint density at radius 2 is 1.80 bits per heavy atom. The first kappa shape index (κ1) is 14.9. The highest BCUT2D eigenvalue weighted by atomic mass is 16.5. The van der Waals surface area contributed by atoms with Gasteiger partial charge in [-0.05, 0) is 19.1 Å². The number of benzene rings is 1. The van der Waals surface area contributed by atoms with E-state index in [4.69, 9.17) is 4.74 Å². The second kappa shape index (κ2) is 7.29. The number of rotatable bonds is 5. The van der Waals surface area contributed by atoms with Crippen molar-refractivity contribution in [3.8, 4) is 5.75 Å². The number of hydrogen-bond acceptors (Lipinski definition) is 3. The van der Waals surface area contributed by atoms with Gasteiger partial charge < -0.3 is 9.64 Å². The van der Waals surface area contributed by atoms with E-state index in [1.54, 1.807) is 0 Å². The van der Waals surface area contributed by atoms with Crippen molar-refractivity contribution >= 4 is 5.91 Å². The molecule has 1 aliphatic rings. The Hall–Kier alpha value is -1.55. The molecule has 4 heteroatoms. The number of piperazine rings is 1. The lowest BCUT2D eigenvalue weighted by atomic mass is 10.2. The van der Waals surface area contributed by atoms with Crippen molar-refractivity contribution in [2.75, 3.05) is 39.3 Å². The van der Waals surface area contributed by atoms with Gasteiger partial charge in [0.2, 0.25) is 5.91 Å². The Morgan fingerprint density at radius 1 is 1.15 bits per heavy atom. The summed E-state index contributed by atoms with van der Waals surface area (Å²) in [7, 11) is 0. The van der Waals surface area contributed by atoms with Crippen molar-refractivity contribution in [1.29, 1.82) is 0 Å². The molecule has 2 rings (SSSR count). The van der Waals surface area contributed by atoms with E-state index in [1.807, 2.05) is 24.0 Å². The van der Waals surface area contributed by atoms with Gasteiger partial charge in [0.15, 0.2) is 0 Å². The average Bonchev–Trinajstić information content (AvgIpc) is 2.49. The minimum atomic E-state index is 0.264. The van der Waals surface area contributed by atoms with Crippen LogP contribution in [0.4, 0.5) is 0 Å². The molecule has 20 heavy (non-hydrogen) atoms. The predicted molar refractivity (Wildman–Crippen MR) is 80.0 cm³/mol. The summed E-state index contributed by atoms with van der Waals surface area (Å²) in [4.78, 5) is 15.9. The summed E-state index contributed by atoms with van der Waals surface area (Å²) >= 11 is 0. The number of nitrogens with zero attached hydrogens (tertiary/aromatic N) is 2. The van der Waals surface area contributed by atoms with E-state index in [1.165, 1.54) is 5.56 Å². The summed E-state index contributed by atoms with van der Waals surface area (Å²) in [5.41, 5.74) is 1.24. The molecule has 0 aliphatic carbocycles. The van der Waals surface area contributed by atoms with Crippen molar-refractivity contribution in [3.05, 3.63) is 29.8 Å². The largest absolute Gasteiger partial charge is 0.492 e. The van der Waals surface area contributed by atoms with Crippen LogP contribution in [-0.4, -0.2) is 55.0 Å². The van der Waals surface area contributed by atoms with E-state index in [0.717, 1.165) is 38.5 Å². The lowest BCUT2D eigenvalue weighted by molar-refractivity contribution is -0.132. The molecule has 1 aromatic carbocycles. The normalized spacial score (nSPS) is 16.2.